The van der Waals surface area contributed by atoms with Crippen LogP contribution in [-0.4, -0.2) is 49.6 Å². The second kappa shape index (κ2) is 19.8. The molecule has 0 saturated heterocycles. The summed E-state index contributed by atoms with van der Waals surface area (Å²) in [6, 6.07) is 0.654. The van der Waals surface area contributed by atoms with Crippen molar-refractivity contribution in [2.45, 2.75) is 78.2 Å². The minimum Gasteiger partial charge on any atom is -0.450 e. The number of carbonyl (C=O) groups is 1. The zero-order valence-corrected chi connectivity index (χ0v) is 20.0. The van der Waals surface area contributed by atoms with Crippen LogP contribution in [0, 0.1) is 17.8 Å². The summed E-state index contributed by atoms with van der Waals surface area (Å²) in [4.78, 5) is 11.5. The third-order valence-electron chi connectivity index (χ3n) is 3.79. The number of unbranched alkanes of at least 4 members (excludes halogenated alkanes) is 1. The van der Waals surface area contributed by atoms with E-state index in [-0.39, 0.29) is 5.44 Å². The van der Waals surface area contributed by atoms with Crippen molar-refractivity contribution in [2.24, 2.45) is 5.92 Å². The number of nitrogens with one attached hydrogen (secondary N) is 2. The Morgan fingerprint density at radius 3 is 2.57 bits per heavy atom. The lowest BCUT2D eigenvalue weighted by atomic mass is 10.1. The quantitative estimate of drug-likeness (QED) is 0.154. The van der Waals surface area contributed by atoms with Gasteiger partial charge in [0.2, 0.25) is 0 Å². The number of hydrogen-bond acceptors (Lipinski definition) is 6. The first-order valence-corrected chi connectivity index (χ1v) is 12.9. The molecule has 0 aliphatic heterocycles. The first-order valence-electron chi connectivity index (χ1n) is 10.5. The van der Waals surface area contributed by atoms with E-state index in [0.717, 1.165) is 25.1 Å². The second-order valence-corrected chi connectivity index (χ2v) is 9.66. The van der Waals surface area contributed by atoms with Gasteiger partial charge in [-0.25, -0.2) is 4.79 Å². The van der Waals surface area contributed by atoms with Gasteiger partial charge in [-0.1, -0.05) is 67.5 Å². The highest BCUT2D eigenvalue weighted by molar-refractivity contribution is 8.76. The molecule has 0 rings (SSSR count). The Morgan fingerprint density at radius 1 is 1.14 bits per heavy atom. The second-order valence-electron chi connectivity index (χ2n) is 6.88. The molecular weight excluding hydrogens is 392 g/mol. The average Bonchev–Trinajstić information content (AvgIpc) is 2.66. The molecule has 28 heavy (non-hydrogen) atoms. The molecule has 0 radical (unpaired) electrons. The van der Waals surface area contributed by atoms with Gasteiger partial charge in [-0.05, 0) is 32.6 Å². The third kappa shape index (κ3) is 18.8. The van der Waals surface area contributed by atoms with Crippen LogP contribution in [0.25, 0.3) is 0 Å². The van der Waals surface area contributed by atoms with Crippen molar-refractivity contribution < 1.29 is 14.3 Å². The van der Waals surface area contributed by atoms with Gasteiger partial charge in [0, 0.05) is 30.9 Å². The van der Waals surface area contributed by atoms with Gasteiger partial charge in [-0.3, -0.25) is 0 Å². The van der Waals surface area contributed by atoms with Gasteiger partial charge in [0.15, 0.2) is 0 Å². The van der Waals surface area contributed by atoms with E-state index in [1.165, 1.54) is 19.3 Å². The van der Waals surface area contributed by atoms with E-state index in [0.29, 0.717) is 31.7 Å². The maximum absolute atomic E-state index is 11.5. The van der Waals surface area contributed by atoms with Crippen LogP contribution in [-0.2, 0) is 9.47 Å². The minimum absolute atomic E-state index is 0.173. The molecule has 164 valence electrons. The summed E-state index contributed by atoms with van der Waals surface area (Å²) in [6.07, 6.45) is 4.97. The molecule has 2 N–H and O–H groups in total. The number of hydrogen-bond donors (Lipinski definition) is 2. The lowest BCUT2D eigenvalue weighted by Gasteiger charge is -2.16. The number of carbonyl (C=O) groups excluding carboxylic acids is 1. The lowest BCUT2D eigenvalue weighted by Crippen LogP contribution is -2.30. The van der Waals surface area contributed by atoms with Crippen molar-refractivity contribution in [3.05, 3.63) is 0 Å². The molecule has 0 aliphatic carbocycles. The van der Waals surface area contributed by atoms with Crippen molar-refractivity contribution in [3.63, 3.8) is 0 Å². The van der Waals surface area contributed by atoms with Crippen molar-refractivity contribution in [2.75, 3.05) is 32.1 Å². The molecule has 0 aromatic heterocycles. The van der Waals surface area contributed by atoms with Crippen LogP contribution < -0.4 is 10.6 Å². The summed E-state index contributed by atoms with van der Waals surface area (Å²) in [6.45, 7) is 13.1. The summed E-state index contributed by atoms with van der Waals surface area (Å²) in [7, 11) is 3.63. The fourth-order valence-electron chi connectivity index (χ4n) is 2.32. The fraction of sp³-hybridized carbons (Fsp3) is 0.857. The monoisotopic (exact) mass is 432 g/mol. The Labute approximate surface area is 180 Å². The highest BCUT2D eigenvalue weighted by atomic mass is 33.1. The Kier molecular flexibility index (Phi) is 19.4. The van der Waals surface area contributed by atoms with Crippen molar-refractivity contribution in [1.29, 1.82) is 0 Å². The summed E-state index contributed by atoms with van der Waals surface area (Å²) < 4.78 is 10.9. The molecule has 0 fully saturated rings. The maximum Gasteiger partial charge on any atom is 0.407 e. The summed E-state index contributed by atoms with van der Waals surface area (Å²) in [5.74, 6) is 7.27. The molecule has 0 aromatic carbocycles. The van der Waals surface area contributed by atoms with Gasteiger partial charge in [0.1, 0.15) is 5.44 Å². The van der Waals surface area contributed by atoms with Crippen LogP contribution in [0.2, 0.25) is 0 Å². The van der Waals surface area contributed by atoms with Crippen LogP contribution in [0.3, 0.4) is 0 Å². The Balaban J connectivity index is 3.47. The lowest BCUT2D eigenvalue weighted by molar-refractivity contribution is 0.109. The number of rotatable bonds is 16. The normalized spacial score (nSPS) is 12.9. The Morgan fingerprint density at radius 2 is 1.89 bits per heavy atom. The number of alkyl carbamates (subject to hydrolysis) is 1. The van der Waals surface area contributed by atoms with Crippen molar-refractivity contribution in [1.82, 2.24) is 10.6 Å². The number of ether oxygens (including phenoxy) is 2. The molecule has 0 aliphatic rings. The molecule has 7 heteroatoms. The predicted octanol–water partition coefficient (Wildman–Crippen LogP) is 5.06. The van der Waals surface area contributed by atoms with Crippen LogP contribution >= 0.6 is 21.6 Å². The first-order chi connectivity index (χ1) is 13.5. The largest absolute Gasteiger partial charge is 0.450 e. The van der Waals surface area contributed by atoms with Gasteiger partial charge < -0.3 is 20.1 Å². The zero-order valence-electron chi connectivity index (χ0n) is 18.3. The fourth-order valence-corrected chi connectivity index (χ4v) is 4.24. The van der Waals surface area contributed by atoms with Crippen molar-refractivity contribution in [3.8, 4) is 11.8 Å². The van der Waals surface area contributed by atoms with E-state index in [2.05, 4.69) is 43.2 Å². The molecule has 1 amide bonds. The topological polar surface area (TPSA) is 59.6 Å². The summed E-state index contributed by atoms with van der Waals surface area (Å²) in [5, 5.41) is 6.23. The van der Waals surface area contributed by atoms with E-state index in [1.807, 2.05) is 24.6 Å². The van der Waals surface area contributed by atoms with Crippen LogP contribution in [0.1, 0.15) is 66.7 Å². The molecule has 0 saturated carbocycles. The van der Waals surface area contributed by atoms with Crippen LogP contribution in [0.5, 0.6) is 0 Å². The predicted molar refractivity (Wildman–Crippen MR) is 124 cm³/mol. The smallest absolute Gasteiger partial charge is 0.407 e. The first kappa shape index (κ1) is 27.5. The van der Waals surface area contributed by atoms with Gasteiger partial charge in [-0.15, -0.1) is 0 Å². The molecule has 0 bridgehead atoms. The van der Waals surface area contributed by atoms with Gasteiger partial charge >= 0.3 is 6.09 Å². The Bertz CT molecular complexity index is 439. The molecule has 0 heterocycles. The highest BCUT2D eigenvalue weighted by Gasteiger charge is 2.06. The van der Waals surface area contributed by atoms with E-state index in [1.54, 1.807) is 10.8 Å². The van der Waals surface area contributed by atoms with Crippen molar-refractivity contribution >= 4 is 27.7 Å². The average molecular weight is 433 g/mol. The van der Waals surface area contributed by atoms with Gasteiger partial charge in [-0.2, -0.15) is 0 Å². The summed E-state index contributed by atoms with van der Waals surface area (Å²) >= 11 is 0. The molecule has 2 unspecified atom stereocenters. The standard InChI is InChI=1S/C21H40N2O3S2/c1-6-11-20(7-2)22-14-17-27-28-19(5)25-15-8-9-16-26-21(24)23-13-10-12-18(3)4/h18-20,22H,6-9,11,13-17H2,1-5H3,(H,23,24). The zero-order chi connectivity index (χ0) is 21.0. The van der Waals surface area contributed by atoms with E-state index in [9.17, 15) is 4.79 Å². The SMILES string of the molecule is CCCC(CC)NCCSSC(C)OCCCCOC(=O)NCC#CC(C)C. The van der Waals surface area contributed by atoms with E-state index < -0.39 is 6.09 Å². The molecular formula is C21H40N2O3S2. The molecule has 2 atom stereocenters. The number of amides is 1. The minimum atomic E-state index is -0.405. The molecule has 0 aromatic rings. The third-order valence-corrected chi connectivity index (χ3v) is 6.42. The Hall–Kier alpha value is -0.550. The van der Waals surface area contributed by atoms with E-state index >= 15 is 0 Å². The van der Waals surface area contributed by atoms with Gasteiger partial charge in [0.05, 0.1) is 13.2 Å². The summed E-state index contributed by atoms with van der Waals surface area (Å²) in [5.41, 5.74) is 0.173. The van der Waals surface area contributed by atoms with Gasteiger partial charge in [0.25, 0.3) is 0 Å². The van der Waals surface area contributed by atoms with E-state index in [4.69, 9.17) is 9.47 Å². The molecule has 0 spiro atoms. The maximum atomic E-state index is 11.5. The highest BCUT2D eigenvalue weighted by Crippen LogP contribution is 2.26. The molecule has 5 nitrogen and oxygen atoms in total. The van der Waals surface area contributed by atoms with Crippen LogP contribution in [0.4, 0.5) is 4.79 Å². The van der Waals surface area contributed by atoms with Crippen LogP contribution in [0.15, 0.2) is 0 Å².